The number of amides is 2. The number of nitrogens with one attached hydrogen (secondary N) is 2. The van der Waals surface area contributed by atoms with E-state index in [-0.39, 0.29) is 10.8 Å². The number of nitrogens with zero attached hydrogens (tertiary/aromatic N) is 1. The van der Waals surface area contributed by atoms with Gasteiger partial charge in [-0.2, -0.15) is 5.10 Å². The molecule has 0 aromatic heterocycles. The largest absolute Gasteiger partial charge is 0.339 e. The molecule has 0 bridgehead atoms. The van der Waals surface area contributed by atoms with Crippen molar-refractivity contribution in [3.8, 4) is 0 Å². The highest BCUT2D eigenvalue weighted by Gasteiger charge is 2.12. The highest BCUT2D eigenvalue weighted by atomic mass is 19.1. The molecule has 23 heavy (non-hydrogen) atoms. The molecule has 0 radical (unpaired) electrons. The standard InChI is InChI=1S/C16H10FN3O3/c17-9-6-7-11-12(8-9)15(22)13(14(11)21)19-20-16(23)18-10-4-2-1-3-5-10/h1-8H,(H2,18,20,23). The SMILES string of the molecule is O=C(NN=c1c(=O)c2ccc(F)cc2c1=O)Nc1ccccc1. The normalized spacial score (nSPS) is 11.6. The molecule has 0 saturated heterocycles. The van der Waals surface area contributed by atoms with E-state index in [1.165, 1.54) is 6.07 Å². The molecule has 0 spiro atoms. The summed E-state index contributed by atoms with van der Waals surface area (Å²) in [5.41, 5.74) is 1.25. The quantitative estimate of drug-likeness (QED) is 0.697. The van der Waals surface area contributed by atoms with Crippen molar-refractivity contribution < 1.29 is 9.18 Å². The zero-order valence-corrected chi connectivity index (χ0v) is 11.7. The molecular formula is C16H10FN3O3. The summed E-state index contributed by atoms with van der Waals surface area (Å²) in [6, 6.07) is 11.2. The number of fused-ring (bicyclic) bond motifs is 1. The van der Waals surface area contributed by atoms with Gasteiger partial charge in [0.1, 0.15) is 5.82 Å². The summed E-state index contributed by atoms with van der Waals surface area (Å²) >= 11 is 0. The molecule has 3 aromatic rings. The molecular weight excluding hydrogens is 301 g/mol. The number of para-hydroxylation sites is 1. The summed E-state index contributed by atoms with van der Waals surface area (Å²) in [7, 11) is 0. The molecule has 3 aromatic carbocycles. The molecule has 2 amide bonds. The Morgan fingerprint density at radius 2 is 1.65 bits per heavy atom. The lowest BCUT2D eigenvalue weighted by atomic mass is 10.2. The van der Waals surface area contributed by atoms with Gasteiger partial charge in [-0.1, -0.05) is 18.2 Å². The Morgan fingerprint density at radius 3 is 2.39 bits per heavy atom. The number of hydrogen-bond acceptors (Lipinski definition) is 4. The van der Waals surface area contributed by atoms with Crippen LogP contribution in [0.2, 0.25) is 0 Å². The predicted molar refractivity (Wildman–Crippen MR) is 83.0 cm³/mol. The van der Waals surface area contributed by atoms with Gasteiger partial charge in [-0.05, 0) is 30.3 Å². The summed E-state index contributed by atoms with van der Waals surface area (Å²) in [5.74, 6) is -0.624. The Hall–Kier alpha value is -3.35. The lowest BCUT2D eigenvalue weighted by Crippen LogP contribution is -2.36. The topological polar surface area (TPSA) is 87.6 Å². The van der Waals surface area contributed by atoms with E-state index in [0.29, 0.717) is 5.69 Å². The maximum Gasteiger partial charge on any atom is 0.339 e. The van der Waals surface area contributed by atoms with Crippen LogP contribution in [0.15, 0.2) is 63.2 Å². The Morgan fingerprint density at radius 1 is 0.957 bits per heavy atom. The van der Waals surface area contributed by atoms with E-state index in [1.54, 1.807) is 30.3 Å². The molecule has 0 unspecified atom stereocenters. The summed E-state index contributed by atoms with van der Waals surface area (Å²) < 4.78 is 13.2. The first kappa shape index (κ1) is 14.6. The maximum atomic E-state index is 13.2. The number of carbonyl (C=O) groups is 1. The first-order valence-corrected chi connectivity index (χ1v) is 6.65. The van der Waals surface area contributed by atoms with Gasteiger partial charge in [-0.15, -0.1) is 0 Å². The van der Waals surface area contributed by atoms with Crippen LogP contribution < -0.4 is 27.0 Å². The molecule has 0 aliphatic rings. The van der Waals surface area contributed by atoms with E-state index in [1.807, 2.05) is 0 Å². The molecule has 114 valence electrons. The minimum Gasteiger partial charge on any atom is -0.307 e. The maximum absolute atomic E-state index is 13.2. The third-order valence-corrected chi connectivity index (χ3v) is 3.20. The van der Waals surface area contributed by atoms with E-state index in [9.17, 15) is 18.8 Å². The fraction of sp³-hybridized carbons (Fsp3) is 0. The van der Waals surface area contributed by atoms with Crippen LogP contribution in [0.4, 0.5) is 14.9 Å². The van der Waals surface area contributed by atoms with Gasteiger partial charge in [0.05, 0.1) is 0 Å². The zero-order chi connectivity index (χ0) is 16.4. The first-order chi connectivity index (χ1) is 11.1. The number of benzene rings is 2. The Labute approximate surface area is 128 Å². The molecule has 2 N–H and O–H groups in total. The summed E-state index contributed by atoms with van der Waals surface area (Å²) in [6.45, 7) is 0. The van der Waals surface area contributed by atoms with Crippen LogP contribution in [0.1, 0.15) is 0 Å². The van der Waals surface area contributed by atoms with Gasteiger partial charge in [0.25, 0.3) is 0 Å². The fourth-order valence-corrected chi connectivity index (χ4v) is 2.15. The molecule has 3 rings (SSSR count). The minimum absolute atomic E-state index is 0.0565. The Bertz CT molecular complexity index is 1040. The highest BCUT2D eigenvalue weighted by Crippen LogP contribution is 2.06. The number of urea groups is 1. The third-order valence-electron chi connectivity index (χ3n) is 3.20. The van der Waals surface area contributed by atoms with Gasteiger partial charge in [-0.25, -0.2) is 14.6 Å². The molecule has 0 atom stereocenters. The van der Waals surface area contributed by atoms with Gasteiger partial charge in [-0.3, -0.25) is 9.59 Å². The minimum atomic E-state index is -0.718. The molecule has 6 nitrogen and oxygen atoms in total. The molecule has 0 aliphatic carbocycles. The van der Waals surface area contributed by atoms with Crippen molar-refractivity contribution in [3.63, 3.8) is 0 Å². The summed E-state index contributed by atoms with van der Waals surface area (Å²) in [5, 5.41) is 5.61. The van der Waals surface area contributed by atoms with E-state index in [2.05, 4.69) is 15.8 Å². The number of rotatable bonds is 2. The van der Waals surface area contributed by atoms with Crippen LogP contribution in [0.25, 0.3) is 10.8 Å². The molecule has 0 aliphatic heterocycles. The summed E-state index contributed by atoms with van der Waals surface area (Å²) in [4.78, 5) is 35.8. The Balaban J connectivity index is 1.91. The van der Waals surface area contributed by atoms with Crippen molar-refractivity contribution in [1.29, 1.82) is 0 Å². The Kier molecular flexibility index (Phi) is 3.68. The van der Waals surface area contributed by atoms with Gasteiger partial charge in [0, 0.05) is 16.5 Å². The van der Waals surface area contributed by atoms with E-state index >= 15 is 0 Å². The van der Waals surface area contributed by atoms with Crippen LogP contribution in [0.5, 0.6) is 0 Å². The van der Waals surface area contributed by atoms with Crippen molar-refractivity contribution in [2.24, 2.45) is 5.10 Å². The van der Waals surface area contributed by atoms with Gasteiger partial charge < -0.3 is 5.32 Å². The van der Waals surface area contributed by atoms with Crippen LogP contribution in [-0.4, -0.2) is 6.03 Å². The second-order valence-corrected chi connectivity index (χ2v) is 4.74. The van der Waals surface area contributed by atoms with Crippen LogP contribution in [0.3, 0.4) is 0 Å². The lowest BCUT2D eigenvalue weighted by molar-refractivity contribution is 0.252. The molecule has 0 fully saturated rings. The number of hydrogen-bond donors (Lipinski definition) is 2. The molecule has 7 heteroatoms. The van der Waals surface area contributed by atoms with Crippen LogP contribution in [-0.2, 0) is 0 Å². The van der Waals surface area contributed by atoms with Crippen LogP contribution in [0, 0.1) is 5.82 Å². The number of anilines is 1. The second-order valence-electron chi connectivity index (χ2n) is 4.74. The van der Waals surface area contributed by atoms with Gasteiger partial charge >= 0.3 is 6.03 Å². The van der Waals surface area contributed by atoms with Crippen LogP contribution >= 0.6 is 0 Å². The second kappa shape index (κ2) is 5.80. The van der Waals surface area contributed by atoms with Crippen molar-refractivity contribution in [1.82, 2.24) is 5.43 Å². The zero-order valence-electron chi connectivity index (χ0n) is 11.7. The predicted octanol–water partition coefficient (Wildman–Crippen LogP) is 1.21. The van der Waals surface area contributed by atoms with Gasteiger partial charge in [0.2, 0.25) is 10.9 Å². The van der Waals surface area contributed by atoms with Crippen molar-refractivity contribution in [2.75, 3.05) is 5.32 Å². The number of halogens is 1. The monoisotopic (exact) mass is 311 g/mol. The lowest BCUT2D eigenvalue weighted by Gasteiger charge is -2.02. The van der Waals surface area contributed by atoms with E-state index in [0.717, 1.165) is 12.1 Å². The molecule has 0 saturated carbocycles. The van der Waals surface area contributed by atoms with Crippen molar-refractivity contribution >= 4 is 22.5 Å². The highest BCUT2D eigenvalue weighted by molar-refractivity contribution is 5.89. The first-order valence-electron chi connectivity index (χ1n) is 6.65. The van der Waals surface area contributed by atoms with Gasteiger partial charge in [0.15, 0.2) is 5.36 Å². The average Bonchev–Trinajstić information content (AvgIpc) is 2.77. The number of carbonyl (C=O) groups excluding carboxylic acids is 1. The smallest absolute Gasteiger partial charge is 0.307 e. The van der Waals surface area contributed by atoms with Crippen molar-refractivity contribution in [2.45, 2.75) is 0 Å². The average molecular weight is 311 g/mol. The third kappa shape index (κ3) is 2.84. The van der Waals surface area contributed by atoms with E-state index in [4.69, 9.17) is 0 Å². The fourth-order valence-electron chi connectivity index (χ4n) is 2.15. The van der Waals surface area contributed by atoms with Crippen molar-refractivity contribution in [3.05, 3.63) is 80.2 Å². The summed E-state index contributed by atoms with van der Waals surface area (Å²) in [6.07, 6.45) is 0. The van der Waals surface area contributed by atoms with E-state index < -0.39 is 28.1 Å². The molecule has 0 heterocycles.